The topological polar surface area (TPSA) is 71.3 Å². The molecular weight excluding hydrogens is 352 g/mol. The fraction of sp³-hybridized carbons (Fsp3) is 0.200. The summed E-state index contributed by atoms with van der Waals surface area (Å²) in [6, 6.07) is 10.8. The van der Waals surface area contributed by atoms with E-state index >= 15 is 0 Å². The number of nitriles is 1. The summed E-state index contributed by atoms with van der Waals surface area (Å²) in [4.78, 5) is 12.5. The van der Waals surface area contributed by atoms with Crippen LogP contribution >= 0.6 is 11.6 Å². The Morgan fingerprint density at radius 3 is 2.50 bits per heavy atom. The summed E-state index contributed by atoms with van der Waals surface area (Å²) in [5.41, 5.74) is 3.18. The number of anilines is 1. The molecule has 0 heterocycles. The van der Waals surface area contributed by atoms with Crippen molar-refractivity contribution in [1.82, 2.24) is 0 Å². The highest BCUT2D eigenvalue weighted by Gasteiger charge is 2.14. The van der Waals surface area contributed by atoms with Gasteiger partial charge in [-0.15, -0.1) is 0 Å². The number of carbonyl (C=O) groups is 1. The maximum absolute atomic E-state index is 12.5. The van der Waals surface area contributed by atoms with E-state index in [1.807, 2.05) is 38.1 Å². The molecule has 6 heteroatoms. The van der Waals surface area contributed by atoms with Crippen LogP contribution in [0.25, 0.3) is 6.08 Å². The summed E-state index contributed by atoms with van der Waals surface area (Å²) in [7, 11) is 2.97. The van der Waals surface area contributed by atoms with Gasteiger partial charge in [-0.2, -0.15) is 5.26 Å². The first-order chi connectivity index (χ1) is 12.4. The van der Waals surface area contributed by atoms with Crippen LogP contribution in [0, 0.1) is 25.2 Å². The van der Waals surface area contributed by atoms with E-state index < -0.39 is 5.91 Å². The van der Waals surface area contributed by atoms with Gasteiger partial charge < -0.3 is 14.8 Å². The summed E-state index contributed by atoms with van der Waals surface area (Å²) < 4.78 is 10.4. The molecule has 1 amide bonds. The molecule has 0 aliphatic carbocycles. The van der Waals surface area contributed by atoms with E-state index in [9.17, 15) is 10.1 Å². The molecule has 0 saturated carbocycles. The van der Waals surface area contributed by atoms with Crippen molar-refractivity contribution in [3.8, 4) is 17.6 Å². The average Bonchev–Trinajstić information content (AvgIpc) is 2.61. The fourth-order valence-electron chi connectivity index (χ4n) is 2.48. The highest BCUT2D eigenvalue weighted by Crippen LogP contribution is 2.36. The van der Waals surface area contributed by atoms with Crippen LogP contribution in [-0.4, -0.2) is 20.1 Å². The molecule has 0 bridgehead atoms. The van der Waals surface area contributed by atoms with Crippen molar-refractivity contribution in [1.29, 1.82) is 5.26 Å². The normalized spacial score (nSPS) is 10.8. The number of nitrogens with zero attached hydrogens (tertiary/aromatic N) is 1. The van der Waals surface area contributed by atoms with E-state index in [2.05, 4.69) is 5.32 Å². The molecule has 5 nitrogen and oxygen atoms in total. The van der Waals surface area contributed by atoms with Gasteiger partial charge in [0.15, 0.2) is 11.5 Å². The van der Waals surface area contributed by atoms with E-state index in [-0.39, 0.29) is 5.57 Å². The zero-order valence-corrected chi connectivity index (χ0v) is 15.8. The Hall–Kier alpha value is -2.97. The Morgan fingerprint density at radius 1 is 1.19 bits per heavy atom. The molecule has 134 valence electrons. The number of methoxy groups -OCH3 is 2. The number of rotatable bonds is 5. The van der Waals surface area contributed by atoms with Crippen LogP contribution in [0.1, 0.15) is 16.7 Å². The number of aryl methyl sites for hydroxylation is 2. The van der Waals surface area contributed by atoms with Crippen LogP contribution in [0.15, 0.2) is 35.9 Å². The molecule has 2 rings (SSSR count). The first kappa shape index (κ1) is 19.4. The number of ether oxygens (including phenoxy) is 2. The average molecular weight is 371 g/mol. The number of benzene rings is 2. The largest absolute Gasteiger partial charge is 0.493 e. The summed E-state index contributed by atoms with van der Waals surface area (Å²) in [6.07, 6.45) is 1.45. The van der Waals surface area contributed by atoms with Gasteiger partial charge in [0.2, 0.25) is 0 Å². The van der Waals surface area contributed by atoms with Crippen molar-refractivity contribution >= 4 is 29.3 Å². The van der Waals surface area contributed by atoms with Crippen molar-refractivity contribution in [2.45, 2.75) is 13.8 Å². The Balaban J connectivity index is 2.34. The van der Waals surface area contributed by atoms with E-state index in [1.54, 1.807) is 12.1 Å². The summed E-state index contributed by atoms with van der Waals surface area (Å²) in [5.74, 6) is 0.313. The van der Waals surface area contributed by atoms with Crippen LogP contribution in [0.2, 0.25) is 5.02 Å². The maximum atomic E-state index is 12.5. The highest BCUT2D eigenvalue weighted by molar-refractivity contribution is 6.32. The second-order valence-corrected chi connectivity index (χ2v) is 6.09. The first-order valence-corrected chi connectivity index (χ1v) is 8.19. The SMILES string of the molecule is COc1cc(C=C(C#N)C(=O)Nc2ccc(C)cc2C)cc(Cl)c1OC. The van der Waals surface area contributed by atoms with Crippen LogP contribution in [0.4, 0.5) is 5.69 Å². The van der Waals surface area contributed by atoms with E-state index in [1.165, 1.54) is 20.3 Å². The van der Waals surface area contributed by atoms with Crippen LogP contribution in [0.5, 0.6) is 11.5 Å². The molecule has 0 aliphatic heterocycles. The molecule has 26 heavy (non-hydrogen) atoms. The Kier molecular flexibility index (Phi) is 6.26. The molecule has 1 N–H and O–H groups in total. The van der Waals surface area contributed by atoms with E-state index in [0.717, 1.165) is 11.1 Å². The van der Waals surface area contributed by atoms with Crippen LogP contribution in [0.3, 0.4) is 0 Å². The summed E-state index contributed by atoms with van der Waals surface area (Å²) >= 11 is 6.17. The fourth-order valence-corrected chi connectivity index (χ4v) is 2.78. The zero-order chi connectivity index (χ0) is 19.3. The lowest BCUT2D eigenvalue weighted by Crippen LogP contribution is -2.14. The van der Waals surface area contributed by atoms with Gasteiger partial charge >= 0.3 is 0 Å². The molecule has 0 aliphatic rings. The van der Waals surface area contributed by atoms with Gasteiger partial charge in [-0.25, -0.2) is 0 Å². The minimum atomic E-state index is -0.495. The van der Waals surface area contributed by atoms with Crippen molar-refractivity contribution in [3.63, 3.8) is 0 Å². The standard InChI is InChI=1S/C20H19ClN2O3/c1-12-5-6-17(13(2)7-12)23-20(24)15(11-22)8-14-9-16(21)19(26-4)18(10-14)25-3/h5-10H,1-4H3,(H,23,24). The first-order valence-electron chi connectivity index (χ1n) is 7.81. The highest BCUT2D eigenvalue weighted by atomic mass is 35.5. The molecule has 0 fully saturated rings. The van der Waals surface area contributed by atoms with Crippen molar-refractivity contribution < 1.29 is 14.3 Å². The van der Waals surface area contributed by atoms with Gasteiger partial charge in [0, 0.05) is 5.69 Å². The van der Waals surface area contributed by atoms with Crippen molar-refractivity contribution in [2.24, 2.45) is 0 Å². The molecule has 2 aromatic rings. The van der Waals surface area contributed by atoms with Gasteiger partial charge in [-0.05, 0) is 49.2 Å². The second-order valence-electron chi connectivity index (χ2n) is 5.68. The van der Waals surface area contributed by atoms with Gasteiger partial charge in [0.05, 0.1) is 19.2 Å². The molecule has 0 aromatic heterocycles. The maximum Gasteiger partial charge on any atom is 0.266 e. The third-order valence-corrected chi connectivity index (χ3v) is 4.04. The van der Waals surface area contributed by atoms with Gasteiger partial charge in [-0.1, -0.05) is 29.3 Å². The lowest BCUT2D eigenvalue weighted by Gasteiger charge is -2.11. The molecule has 0 unspecified atom stereocenters. The molecule has 0 radical (unpaired) electrons. The van der Waals surface area contributed by atoms with Gasteiger partial charge in [-0.3, -0.25) is 4.79 Å². The third-order valence-electron chi connectivity index (χ3n) is 3.76. The second kappa shape index (κ2) is 8.41. The molecular formula is C20H19ClN2O3. The minimum Gasteiger partial charge on any atom is -0.493 e. The number of halogens is 1. The van der Waals surface area contributed by atoms with Crippen molar-refractivity contribution in [2.75, 3.05) is 19.5 Å². The zero-order valence-electron chi connectivity index (χ0n) is 15.0. The molecule has 2 aromatic carbocycles. The number of hydrogen-bond acceptors (Lipinski definition) is 4. The number of carbonyl (C=O) groups excluding carboxylic acids is 1. The lowest BCUT2D eigenvalue weighted by atomic mass is 10.1. The lowest BCUT2D eigenvalue weighted by molar-refractivity contribution is -0.112. The molecule has 0 atom stereocenters. The molecule has 0 spiro atoms. The quantitative estimate of drug-likeness (QED) is 0.620. The third kappa shape index (κ3) is 4.35. The van der Waals surface area contributed by atoms with Crippen molar-refractivity contribution in [3.05, 3.63) is 57.6 Å². The molecule has 0 saturated heterocycles. The number of hydrogen-bond donors (Lipinski definition) is 1. The van der Waals surface area contributed by atoms with E-state index in [4.69, 9.17) is 21.1 Å². The van der Waals surface area contributed by atoms with E-state index in [0.29, 0.717) is 27.8 Å². The number of nitrogens with one attached hydrogen (secondary N) is 1. The van der Waals surface area contributed by atoms with Crippen LogP contribution in [-0.2, 0) is 4.79 Å². The van der Waals surface area contributed by atoms with Gasteiger partial charge in [0.25, 0.3) is 5.91 Å². The monoisotopic (exact) mass is 370 g/mol. The Morgan fingerprint density at radius 2 is 1.92 bits per heavy atom. The predicted molar refractivity (Wildman–Crippen MR) is 103 cm³/mol. The Labute approximate surface area is 157 Å². The van der Waals surface area contributed by atoms with Crippen LogP contribution < -0.4 is 14.8 Å². The summed E-state index contributed by atoms with van der Waals surface area (Å²) in [6.45, 7) is 3.87. The predicted octanol–water partition coefficient (Wildman–Crippen LogP) is 4.52. The number of amides is 1. The minimum absolute atomic E-state index is 0.0479. The van der Waals surface area contributed by atoms with Gasteiger partial charge in [0.1, 0.15) is 11.6 Å². The summed E-state index contributed by atoms with van der Waals surface area (Å²) in [5, 5.41) is 12.5. The Bertz CT molecular complexity index is 914. The smallest absolute Gasteiger partial charge is 0.266 e.